The van der Waals surface area contributed by atoms with E-state index in [2.05, 4.69) is 26.8 Å². The molecule has 2 heterocycles. The van der Waals surface area contributed by atoms with Crippen LogP contribution in [0.25, 0.3) is 10.2 Å². The van der Waals surface area contributed by atoms with E-state index in [9.17, 15) is 4.39 Å². The molecular formula is C20H21FN4OS. The fraction of sp³-hybridized carbons (Fsp3) is 0.300. The summed E-state index contributed by atoms with van der Waals surface area (Å²) < 4.78 is 20.7. The summed E-state index contributed by atoms with van der Waals surface area (Å²) in [6.45, 7) is 3.55. The molecule has 0 bridgehead atoms. The third kappa shape index (κ3) is 3.94. The number of likely N-dealkylation sites (N-methyl/N-ethyl adjacent to an activating group) is 1. The van der Waals surface area contributed by atoms with Crippen molar-refractivity contribution < 1.29 is 9.13 Å². The van der Waals surface area contributed by atoms with Gasteiger partial charge in [0, 0.05) is 38.5 Å². The van der Waals surface area contributed by atoms with Crippen LogP contribution in [0, 0.1) is 5.82 Å². The van der Waals surface area contributed by atoms with Gasteiger partial charge in [-0.1, -0.05) is 11.3 Å². The summed E-state index contributed by atoms with van der Waals surface area (Å²) in [6, 6.07) is 11.1. The zero-order valence-corrected chi connectivity index (χ0v) is 16.2. The number of nitrogens with zero attached hydrogens (tertiary/aromatic N) is 4. The Morgan fingerprint density at radius 2 is 1.89 bits per heavy atom. The molecule has 0 amide bonds. The fourth-order valence-corrected chi connectivity index (χ4v) is 3.92. The summed E-state index contributed by atoms with van der Waals surface area (Å²) in [5, 5.41) is 0.621. The van der Waals surface area contributed by atoms with Gasteiger partial charge in [0.05, 0.1) is 23.0 Å². The molecule has 0 saturated carbocycles. The zero-order chi connectivity index (χ0) is 18.8. The molecule has 0 spiro atoms. The van der Waals surface area contributed by atoms with E-state index in [0.717, 1.165) is 42.2 Å². The van der Waals surface area contributed by atoms with Crippen LogP contribution in [0.2, 0.25) is 0 Å². The quantitative estimate of drug-likeness (QED) is 0.639. The molecule has 140 valence electrons. The van der Waals surface area contributed by atoms with Gasteiger partial charge < -0.3 is 14.5 Å². The average molecular weight is 384 g/mol. The standard InChI is InChI=1S/C20H21FN4OS/c1-24-7-9-25(10-8-24)18-12-19-17(11-16(18)21)23-20(27-19)22-13-14-3-5-15(26-2)6-4-14/h3-6,11-13H,7-10H2,1-2H3/b22-13+. The molecule has 0 N–H and O–H groups in total. The van der Waals surface area contributed by atoms with E-state index in [4.69, 9.17) is 4.74 Å². The number of aromatic nitrogens is 1. The number of benzene rings is 2. The van der Waals surface area contributed by atoms with Crippen LogP contribution < -0.4 is 9.64 Å². The monoisotopic (exact) mass is 384 g/mol. The van der Waals surface area contributed by atoms with Crippen molar-refractivity contribution in [1.82, 2.24) is 9.88 Å². The number of fused-ring (bicyclic) bond motifs is 1. The minimum atomic E-state index is -0.219. The van der Waals surface area contributed by atoms with Gasteiger partial charge in [-0.15, -0.1) is 0 Å². The van der Waals surface area contributed by atoms with Crippen LogP contribution >= 0.6 is 11.3 Å². The molecule has 3 aromatic rings. The molecule has 2 aromatic carbocycles. The molecule has 27 heavy (non-hydrogen) atoms. The lowest BCUT2D eigenvalue weighted by atomic mass is 10.2. The molecule has 0 radical (unpaired) electrons. The number of ether oxygens (including phenoxy) is 1. The first-order valence-corrected chi connectivity index (χ1v) is 9.66. The smallest absolute Gasteiger partial charge is 0.210 e. The van der Waals surface area contributed by atoms with Crippen LogP contribution in [0.1, 0.15) is 5.56 Å². The Labute approximate surface area is 161 Å². The Bertz CT molecular complexity index is 962. The molecule has 1 aliphatic heterocycles. The van der Waals surface area contributed by atoms with Gasteiger partial charge in [0.25, 0.3) is 0 Å². The minimum absolute atomic E-state index is 0.219. The summed E-state index contributed by atoms with van der Waals surface area (Å²) in [4.78, 5) is 13.3. The molecule has 0 atom stereocenters. The Morgan fingerprint density at radius 3 is 2.59 bits per heavy atom. The molecule has 1 aromatic heterocycles. The first-order chi connectivity index (χ1) is 13.1. The van der Waals surface area contributed by atoms with Crippen molar-refractivity contribution in [3.63, 3.8) is 0 Å². The first kappa shape index (κ1) is 17.9. The highest BCUT2D eigenvalue weighted by molar-refractivity contribution is 7.22. The van der Waals surface area contributed by atoms with Crippen LogP contribution in [0.3, 0.4) is 0 Å². The highest BCUT2D eigenvalue weighted by Crippen LogP contribution is 2.33. The average Bonchev–Trinajstić information content (AvgIpc) is 3.08. The van der Waals surface area contributed by atoms with Crippen LogP contribution in [-0.4, -0.2) is 56.4 Å². The number of rotatable bonds is 4. The van der Waals surface area contributed by atoms with Crippen molar-refractivity contribution in [3.8, 4) is 5.75 Å². The van der Waals surface area contributed by atoms with Gasteiger partial charge in [0.15, 0.2) is 0 Å². The predicted octanol–water partition coefficient (Wildman–Crippen LogP) is 3.95. The van der Waals surface area contributed by atoms with Gasteiger partial charge in [-0.3, -0.25) is 0 Å². The normalized spacial score (nSPS) is 15.7. The lowest BCUT2D eigenvalue weighted by Gasteiger charge is -2.34. The van der Waals surface area contributed by atoms with E-state index in [1.165, 1.54) is 17.4 Å². The second-order valence-corrected chi connectivity index (χ2v) is 7.60. The minimum Gasteiger partial charge on any atom is -0.497 e. The van der Waals surface area contributed by atoms with Crippen molar-refractivity contribution in [3.05, 3.63) is 47.8 Å². The summed E-state index contributed by atoms with van der Waals surface area (Å²) >= 11 is 1.47. The number of piperazine rings is 1. The van der Waals surface area contributed by atoms with Crippen LogP contribution in [0.15, 0.2) is 41.4 Å². The number of methoxy groups -OCH3 is 1. The van der Waals surface area contributed by atoms with E-state index in [-0.39, 0.29) is 5.82 Å². The van der Waals surface area contributed by atoms with Gasteiger partial charge in [-0.2, -0.15) is 0 Å². The maximum absolute atomic E-state index is 14.6. The summed E-state index contributed by atoms with van der Waals surface area (Å²) in [7, 11) is 3.73. The van der Waals surface area contributed by atoms with Crippen LogP contribution in [-0.2, 0) is 0 Å². The maximum atomic E-state index is 14.6. The second-order valence-electron chi connectivity index (χ2n) is 6.59. The lowest BCUT2D eigenvalue weighted by molar-refractivity contribution is 0.312. The highest BCUT2D eigenvalue weighted by Gasteiger charge is 2.19. The number of anilines is 1. The van der Waals surface area contributed by atoms with Crippen molar-refractivity contribution in [2.45, 2.75) is 0 Å². The van der Waals surface area contributed by atoms with Gasteiger partial charge in [-0.25, -0.2) is 14.4 Å². The van der Waals surface area contributed by atoms with E-state index >= 15 is 0 Å². The Kier molecular flexibility index (Phi) is 5.05. The Balaban J connectivity index is 1.57. The second kappa shape index (κ2) is 7.62. The lowest BCUT2D eigenvalue weighted by Crippen LogP contribution is -2.44. The maximum Gasteiger partial charge on any atom is 0.210 e. The zero-order valence-electron chi connectivity index (χ0n) is 15.4. The van der Waals surface area contributed by atoms with Crippen molar-refractivity contribution >= 4 is 38.6 Å². The SMILES string of the molecule is COc1ccc(/C=N/c2nc3cc(F)c(N4CCN(C)CC4)cc3s2)cc1. The third-order valence-electron chi connectivity index (χ3n) is 4.73. The van der Waals surface area contributed by atoms with Gasteiger partial charge in [0.1, 0.15) is 11.6 Å². The van der Waals surface area contributed by atoms with E-state index in [0.29, 0.717) is 16.3 Å². The van der Waals surface area contributed by atoms with Crippen molar-refractivity contribution in [1.29, 1.82) is 0 Å². The molecule has 1 saturated heterocycles. The third-order valence-corrected chi connectivity index (χ3v) is 5.66. The van der Waals surface area contributed by atoms with E-state index in [1.807, 2.05) is 30.3 Å². The highest BCUT2D eigenvalue weighted by atomic mass is 32.1. The van der Waals surface area contributed by atoms with Gasteiger partial charge in [0.2, 0.25) is 5.13 Å². The number of halogens is 1. The molecule has 1 fully saturated rings. The Morgan fingerprint density at radius 1 is 1.15 bits per heavy atom. The van der Waals surface area contributed by atoms with Gasteiger partial charge >= 0.3 is 0 Å². The summed E-state index contributed by atoms with van der Waals surface area (Å²) in [5.74, 6) is 0.585. The van der Waals surface area contributed by atoms with E-state index in [1.54, 1.807) is 13.3 Å². The number of thiazole rings is 1. The predicted molar refractivity (Wildman–Crippen MR) is 110 cm³/mol. The van der Waals surface area contributed by atoms with Crippen LogP contribution in [0.4, 0.5) is 15.2 Å². The first-order valence-electron chi connectivity index (χ1n) is 8.84. The molecule has 7 heteroatoms. The molecular weight excluding hydrogens is 363 g/mol. The van der Waals surface area contributed by atoms with Crippen molar-refractivity contribution in [2.75, 3.05) is 45.2 Å². The molecule has 1 aliphatic rings. The van der Waals surface area contributed by atoms with E-state index < -0.39 is 0 Å². The van der Waals surface area contributed by atoms with Crippen molar-refractivity contribution in [2.24, 2.45) is 4.99 Å². The molecule has 4 rings (SSSR count). The number of aliphatic imine (C=N–C) groups is 1. The fourth-order valence-electron chi connectivity index (χ4n) is 3.09. The summed E-state index contributed by atoms with van der Waals surface area (Å²) in [6.07, 6.45) is 1.76. The molecule has 5 nitrogen and oxygen atoms in total. The molecule has 0 aliphatic carbocycles. The number of hydrogen-bond donors (Lipinski definition) is 0. The largest absolute Gasteiger partial charge is 0.497 e. The van der Waals surface area contributed by atoms with Crippen LogP contribution in [0.5, 0.6) is 5.75 Å². The Hall–Kier alpha value is -2.51. The summed E-state index contributed by atoms with van der Waals surface area (Å²) in [5.41, 5.74) is 2.27. The topological polar surface area (TPSA) is 41.0 Å². The molecule has 0 unspecified atom stereocenters. The number of hydrogen-bond acceptors (Lipinski definition) is 6. The van der Waals surface area contributed by atoms with Gasteiger partial charge in [-0.05, 0) is 42.9 Å².